The van der Waals surface area contributed by atoms with E-state index in [1.54, 1.807) is 42.5 Å². The summed E-state index contributed by atoms with van der Waals surface area (Å²) in [6.45, 7) is 0. The molecule has 0 aromatic heterocycles. The van der Waals surface area contributed by atoms with Crippen molar-refractivity contribution in [2.24, 2.45) is 20.6 Å². The molecule has 0 saturated carbocycles. The molecule has 3 rings (SSSR count). The predicted molar refractivity (Wildman–Crippen MR) is 100 cm³/mol. The van der Waals surface area contributed by atoms with Gasteiger partial charge in [-0.3, -0.25) is 9.98 Å². The number of rotatable bonds is 6. The minimum Gasteiger partial charge on any atom is -0.282 e. The topological polar surface area (TPSA) is 116 Å². The maximum absolute atomic E-state index is 11.4. The Morgan fingerprint density at radius 3 is 2.04 bits per heavy atom. The number of nitrogens with zero attached hydrogens (tertiary/aromatic N) is 4. The van der Waals surface area contributed by atoms with Gasteiger partial charge in [0.1, 0.15) is 22.0 Å². The smallest absolute Gasteiger partial charge is 0.282 e. The molecule has 0 fully saturated rings. The fraction of sp³-hybridized carbons (Fsp3) is 0. The van der Waals surface area contributed by atoms with Crippen LogP contribution in [0.2, 0.25) is 0 Å². The van der Waals surface area contributed by atoms with E-state index in [9.17, 15) is 13.0 Å². The summed E-state index contributed by atoms with van der Waals surface area (Å²) >= 11 is 0. The molecule has 135 valence electrons. The van der Waals surface area contributed by atoms with Crippen molar-refractivity contribution >= 4 is 32.9 Å². The van der Waals surface area contributed by atoms with Gasteiger partial charge in [-0.2, -0.15) is 8.42 Å². The van der Waals surface area contributed by atoms with Gasteiger partial charge < -0.3 is 0 Å². The highest BCUT2D eigenvalue weighted by Crippen LogP contribution is 2.31. The molecule has 0 aliphatic heterocycles. The number of hydrogen-bond donors (Lipinski definition) is 2. The maximum atomic E-state index is 11.4. The zero-order valence-corrected chi connectivity index (χ0v) is 14.7. The van der Waals surface area contributed by atoms with Gasteiger partial charge in [0.2, 0.25) is 0 Å². The molecular formula is C18H14N5O3S. The van der Waals surface area contributed by atoms with Gasteiger partial charge in [0, 0.05) is 6.07 Å². The molecule has 3 aromatic rings. The second-order valence-corrected chi connectivity index (χ2v) is 6.61. The number of benzene rings is 3. The first-order valence-electron chi connectivity index (χ1n) is 7.75. The van der Waals surface area contributed by atoms with E-state index < -0.39 is 10.1 Å². The molecule has 2 N–H and O–H groups in total. The van der Waals surface area contributed by atoms with Crippen LogP contribution in [0.5, 0.6) is 0 Å². The minimum absolute atomic E-state index is 0.0174. The molecule has 0 atom stereocenters. The van der Waals surface area contributed by atoms with Gasteiger partial charge in [0.25, 0.3) is 10.1 Å². The highest BCUT2D eigenvalue weighted by Gasteiger charge is 2.14. The van der Waals surface area contributed by atoms with Crippen molar-refractivity contribution in [2.75, 3.05) is 5.43 Å². The number of anilines is 1. The highest BCUT2D eigenvalue weighted by molar-refractivity contribution is 7.86. The van der Waals surface area contributed by atoms with Crippen LogP contribution in [-0.4, -0.2) is 13.0 Å². The SMILES string of the molecule is O=S(=O)(O)c1ccccc1/N=N/c1ccccc1/N=N/Nc1[c]cccc1. The number of para-hydroxylation sites is 1. The molecule has 0 spiro atoms. The van der Waals surface area contributed by atoms with Crippen LogP contribution >= 0.6 is 0 Å². The first-order valence-corrected chi connectivity index (χ1v) is 9.19. The third kappa shape index (κ3) is 5.03. The normalized spacial score (nSPS) is 11.9. The first-order chi connectivity index (χ1) is 13.0. The molecule has 0 unspecified atom stereocenters. The van der Waals surface area contributed by atoms with E-state index >= 15 is 0 Å². The predicted octanol–water partition coefficient (Wildman–Crippen LogP) is 5.26. The number of nitrogens with one attached hydrogen (secondary N) is 1. The third-order valence-corrected chi connectivity index (χ3v) is 4.23. The van der Waals surface area contributed by atoms with Gasteiger partial charge in [-0.15, -0.1) is 15.3 Å². The zero-order chi connectivity index (χ0) is 19.1. The first kappa shape index (κ1) is 18.4. The molecule has 8 nitrogen and oxygen atoms in total. The minimum atomic E-state index is -4.40. The van der Waals surface area contributed by atoms with Crippen LogP contribution in [0.3, 0.4) is 0 Å². The van der Waals surface area contributed by atoms with Crippen LogP contribution in [-0.2, 0) is 10.1 Å². The van der Waals surface area contributed by atoms with E-state index in [0.717, 1.165) is 0 Å². The molecule has 0 heterocycles. The van der Waals surface area contributed by atoms with E-state index in [1.165, 1.54) is 18.2 Å². The van der Waals surface area contributed by atoms with Gasteiger partial charge in [0.15, 0.2) is 0 Å². The van der Waals surface area contributed by atoms with Gasteiger partial charge in [-0.25, -0.2) is 0 Å². The highest BCUT2D eigenvalue weighted by atomic mass is 32.2. The van der Waals surface area contributed by atoms with Crippen molar-refractivity contribution in [1.29, 1.82) is 0 Å². The second kappa shape index (κ2) is 8.30. The van der Waals surface area contributed by atoms with Gasteiger partial charge in [0.05, 0.1) is 5.69 Å². The average Bonchev–Trinajstić information content (AvgIpc) is 2.67. The Labute approximate surface area is 156 Å². The Morgan fingerprint density at radius 2 is 1.37 bits per heavy atom. The Hall–Kier alpha value is -3.43. The summed E-state index contributed by atoms with van der Waals surface area (Å²) in [7, 11) is -4.40. The zero-order valence-electron chi connectivity index (χ0n) is 13.9. The van der Waals surface area contributed by atoms with Crippen LogP contribution in [0.1, 0.15) is 0 Å². The largest absolute Gasteiger partial charge is 0.296 e. The molecule has 0 aliphatic carbocycles. The quantitative estimate of drug-likeness (QED) is 0.345. The number of hydrogen-bond acceptors (Lipinski definition) is 6. The van der Waals surface area contributed by atoms with Crippen LogP contribution in [0, 0.1) is 6.07 Å². The molecule has 3 aromatic carbocycles. The third-order valence-electron chi connectivity index (χ3n) is 3.33. The lowest BCUT2D eigenvalue weighted by molar-refractivity contribution is 0.483. The van der Waals surface area contributed by atoms with Crippen molar-refractivity contribution in [1.82, 2.24) is 0 Å². The maximum Gasteiger partial charge on any atom is 0.296 e. The molecule has 9 heteroatoms. The van der Waals surface area contributed by atoms with Crippen LogP contribution < -0.4 is 5.43 Å². The summed E-state index contributed by atoms with van der Waals surface area (Å²) in [5.41, 5.74) is 4.22. The lowest BCUT2D eigenvalue weighted by Crippen LogP contribution is -1.97. The second-order valence-electron chi connectivity index (χ2n) is 5.22. The van der Waals surface area contributed by atoms with Gasteiger partial charge in [-0.05, 0) is 30.3 Å². The molecule has 1 radical (unpaired) electrons. The van der Waals surface area contributed by atoms with E-state index in [0.29, 0.717) is 17.1 Å². The van der Waals surface area contributed by atoms with E-state index in [4.69, 9.17) is 0 Å². The summed E-state index contributed by atoms with van der Waals surface area (Å²) in [5.74, 6) is 0. The van der Waals surface area contributed by atoms with Crippen molar-refractivity contribution in [3.63, 3.8) is 0 Å². The number of azo groups is 1. The Kier molecular flexibility index (Phi) is 5.64. The molecule has 0 aliphatic rings. The van der Waals surface area contributed by atoms with Crippen molar-refractivity contribution < 1.29 is 13.0 Å². The van der Waals surface area contributed by atoms with Crippen molar-refractivity contribution in [3.05, 3.63) is 78.9 Å². The fourth-order valence-electron chi connectivity index (χ4n) is 2.09. The summed E-state index contributed by atoms with van der Waals surface area (Å²) in [5, 5.41) is 15.9. The van der Waals surface area contributed by atoms with Gasteiger partial charge in [-0.1, -0.05) is 47.7 Å². The van der Waals surface area contributed by atoms with Gasteiger partial charge >= 0.3 is 0 Å². The van der Waals surface area contributed by atoms with Crippen molar-refractivity contribution in [3.8, 4) is 0 Å². The molecule has 0 saturated heterocycles. The van der Waals surface area contributed by atoms with Crippen LogP contribution in [0.15, 0.2) is 98.3 Å². The average molecular weight is 380 g/mol. The summed E-state index contributed by atoms with van der Waals surface area (Å²) in [4.78, 5) is -0.325. The van der Waals surface area contributed by atoms with E-state index in [2.05, 4.69) is 32.1 Å². The lowest BCUT2D eigenvalue weighted by Gasteiger charge is -2.01. The molecule has 0 bridgehead atoms. The summed E-state index contributed by atoms with van der Waals surface area (Å²) in [6.07, 6.45) is 0. The Morgan fingerprint density at radius 1 is 0.778 bits per heavy atom. The standard InChI is InChI=1S/C18H14N5O3S/c24-27(25,26)18-13-7-6-12-17(18)21-20-15-10-4-5-11-16(15)22-23-19-14-8-2-1-3-9-14/h1-8,10-13H,(H,19,22)(H,24,25,26)/b21-20+. The Bertz CT molecular complexity index is 1080. The Balaban J connectivity index is 1.84. The van der Waals surface area contributed by atoms with E-state index in [1.807, 2.05) is 12.1 Å². The molecule has 0 amide bonds. The van der Waals surface area contributed by atoms with Crippen molar-refractivity contribution in [2.45, 2.75) is 4.90 Å². The molecular weight excluding hydrogens is 366 g/mol. The summed E-state index contributed by atoms with van der Waals surface area (Å²) in [6, 6.07) is 22.7. The van der Waals surface area contributed by atoms with E-state index in [-0.39, 0.29) is 10.6 Å². The van der Waals surface area contributed by atoms with Crippen LogP contribution in [0.4, 0.5) is 22.7 Å². The fourth-order valence-corrected chi connectivity index (χ4v) is 2.72. The monoisotopic (exact) mass is 380 g/mol. The lowest BCUT2D eigenvalue weighted by atomic mass is 10.3. The van der Waals surface area contributed by atoms with Crippen LogP contribution in [0.25, 0.3) is 0 Å². The molecule has 27 heavy (non-hydrogen) atoms. The summed E-state index contributed by atoms with van der Waals surface area (Å²) < 4.78 is 32.1.